The molecule has 0 aliphatic rings. The largest absolute Gasteiger partial charge is 0.455 e. The van der Waals surface area contributed by atoms with Gasteiger partial charge in [0.15, 0.2) is 0 Å². The monoisotopic (exact) mass is 300 g/mol. The Balaban J connectivity index is 2.13. The van der Waals surface area contributed by atoms with E-state index >= 15 is 0 Å². The third kappa shape index (κ3) is 3.21. The van der Waals surface area contributed by atoms with Gasteiger partial charge in [-0.1, -0.05) is 0 Å². The second-order valence-electron chi connectivity index (χ2n) is 3.69. The molecule has 2 aromatic rings. The summed E-state index contributed by atoms with van der Waals surface area (Å²) in [6.45, 7) is 0. The molecule has 20 heavy (non-hydrogen) atoms. The third-order valence-corrected chi connectivity index (χ3v) is 3.31. The lowest BCUT2D eigenvalue weighted by atomic mass is 10.3. The number of hydrogen-bond donors (Lipinski definition) is 1. The Morgan fingerprint density at radius 2 is 1.85 bits per heavy atom. The van der Waals surface area contributed by atoms with Crippen LogP contribution >= 0.6 is 11.3 Å². The van der Waals surface area contributed by atoms with E-state index in [1.807, 2.05) is 0 Å². The normalized spacial score (nSPS) is 11.2. The molecule has 1 N–H and O–H groups in total. The summed E-state index contributed by atoms with van der Waals surface area (Å²) in [4.78, 5) is 26.1. The topological polar surface area (TPSA) is 59.1 Å². The first-order chi connectivity index (χ1) is 9.38. The number of ketones is 1. The minimum atomic E-state index is -4.94. The van der Waals surface area contributed by atoms with Crippen molar-refractivity contribution in [2.75, 3.05) is 5.32 Å². The highest BCUT2D eigenvalue weighted by Gasteiger charge is 2.40. The van der Waals surface area contributed by atoms with Crippen molar-refractivity contribution in [3.63, 3.8) is 0 Å². The van der Waals surface area contributed by atoms with Crippen LogP contribution < -0.4 is 5.32 Å². The number of halogens is 3. The molecule has 1 amide bonds. The van der Waals surface area contributed by atoms with E-state index in [-0.39, 0.29) is 4.88 Å². The zero-order valence-electron chi connectivity index (χ0n) is 9.77. The van der Waals surface area contributed by atoms with E-state index in [0.29, 0.717) is 17.0 Å². The number of nitrogens with zero attached hydrogens (tertiary/aromatic N) is 1. The van der Waals surface area contributed by atoms with E-state index in [9.17, 15) is 22.8 Å². The van der Waals surface area contributed by atoms with Crippen molar-refractivity contribution in [3.8, 4) is 0 Å². The van der Waals surface area contributed by atoms with Crippen LogP contribution in [0, 0.1) is 0 Å². The number of rotatable bonds is 3. The number of carbonyl (C=O) groups is 2. The Morgan fingerprint density at radius 1 is 1.15 bits per heavy atom. The van der Waals surface area contributed by atoms with Gasteiger partial charge in [-0.2, -0.15) is 13.2 Å². The van der Waals surface area contributed by atoms with E-state index in [0.717, 1.165) is 6.07 Å². The molecule has 0 aliphatic heterocycles. The predicted molar refractivity (Wildman–Crippen MR) is 66.9 cm³/mol. The van der Waals surface area contributed by atoms with Crippen LogP contribution in [0.25, 0.3) is 0 Å². The molecule has 0 saturated heterocycles. The maximum Gasteiger partial charge on any atom is 0.455 e. The molecule has 0 atom stereocenters. The highest BCUT2D eigenvalue weighted by molar-refractivity contribution is 7.16. The van der Waals surface area contributed by atoms with Crippen molar-refractivity contribution in [2.45, 2.75) is 6.18 Å². The molecule has 2 aromatic heterocycles. The van der Waals surface area contributed by atoms with Gasteiger partial charge in [0.1, 0.15) is 0 Å². The molecule has 8 heteroatoms. The summed E-state index contributed by atoms with van der Waals surface area (Å²) in [5, 5.41) is 2.47. The predicted octanol–water partition coefficient (Wildman–Crippen LogP) is 3.14. The molecule has 0 aromatic carbocycles. The van der Waals surface area contributed by atoms with Crippen LogP contribution in [0.2, 0.25) is 0 Å². The van der Waals surface area contributed by atoms with Gasteiger partial charge in [0.05, 0.1) is 21.6 Å². The molecule has 0 radical (unpaired) electrons. The van der Waals surface area contributed by atoms with Crippen molar-refractivity contribution in [3.05, 3.63) is 46.4 Å². The number of anilines is 1. The molecule has 0 unspecified atom stereocenters. The molecule has 2 heterocycles. The number of Topliss-reactive ketones (excluding diaryl/α,β-unsaturated/α-hetero) is 1. The second-order valence-corrected chi connectivity index (χ2v) is 4.77. The van der Waals surface area contributed by atoms with E-state index in [2.05, 4.69) is 10.3 Å². The van der Waals surface area contributed by atoms with Crippen molar-refractivity contribution in [1.29, 1.82) is 0 Å². The van der Waals surface area contributed by atoms with Gasteiger partial charge in [-0.15, -0.1) is 11.3 Å². The minimum absolute atomic E-state index is 0.0152. The van der Waals surface area contributed by atoms with E-state index in [4.69, 9.17) is 0 Å². The van der Waals surface area contributed by atoms with Gasteiger partial charge in [0.2, 0.25) is 0 Å². The maximum absolute atomic E-state index is 12.2. The Kier molecular flexibility index (Phi) is 3.84. The number of thiophene rings is 1. The maximum atomic E-state index is 12.2. The summed E-state index contributed by atoms with van der Waals surface area (Å²) in [6, 6.07) is 5.34. The van der Waals surface area contributed by atoms with Crippen LogP contribution in [0.4, 0.5) is 18.9 Å². The molecule has 0 spiro atoms. The molecule has 0 bridgehead atoms. The fraction of sp³-hybridized carbons (Fsp3) is 0.0833. The van der Waals surface area contributed by atoms with Crippen molar-refractivity contribution in [2.24, 2.45) is 0 Å². The first-order valence-electron chi connectivity index (χ1n) is 5.30. The average molecular weight is 300 g/mol. The van der Waals surface area contributed by atoms with Gasteiger partial charge in [-0.05, 0) is 24.3 Å². The standard InChI is InChI=1S/C12H7F3N2O2S/c13-12(14,15)10(18)8-3-4-9(20-8)11(19)17-7-2-1-5-16-6-7/h1-6H,(H,17,19). The Labute approximate surface area is 115 Å². The molecule has 0 saturated carbocycles. The van der Waals surface area contributed by atoms with Gasteiger partial charge in [-0.3, -0.25) is 14.6 Å². The summed E-state index contributed by atoms with van der Waals surface area (Å²) in [5.74, 6) is -2.55. The minimum Gasteiger partial charge on any atom is -0.320 e. The first kappa shape index (κ1) is 14.2. The van der Waals surface area contributed by atoms with Crippen LogP contribution in [0.15, 0.2) is 36.7 Å². The van der Waals surface area contributed by atoms with E-state index < -0.39 is 22.7 Å². The summed E-state index contributed by atoms with van der Waals surface area (Å²) < 4.78 is 36.7. The highest BCUT2D eigenvalue weighted by atomic mass is 32.1. The van der Waals surface area contributed by atoms with Crippen LogP contribution in [0.5, 0.6) is 0 Å². The van der Waals surface area contributed by atoms with Crippen molar-refractivity contribution in [1.82, 2.24) is 4.98 Å². The van der Waals surface area contributed by atoms with Gasteiger partial charge >= 0.3 is 6.18 Å². The number of amides is 1. The van der Waals surface area contributed by atoms with Gasteiger partial charge in [0.25, 0.3) is 11.7 Å². The number of aromatic nitrogens is 1. The SMILES string of the molecule is O=C(Nc1cccnc1)c1ccc(C(=O)C(F)(F)F)s1. The molecular formula is C12H7F3N2O2S. The summed E-state index contributed by atoms with van der Waals surface area (Å²) >= 11 is 0.493. The summed E-state index contributed by atoms with van der Waals surface area (Å²) in [6.07, 6.45) is -2.03. The molecule has 2 rings (SSSR count). The van der Waals surface area contributed by atoms with Gasteiger partial charge in [-0.25, -0.2) is 0 Å². The second kappa shape index (κ2) is 5.41. The highest BCUT2D eigenvalue weighted by Crippen LogP contribution is 2.26. The Hall–Kier alpha value is -2.22. The Bertz CT molecular complexity index is 638. The van der Waals surface area contributed by atoms with Gasteiger partial charge in [0, 0.05) is 6.20 Å². The fourth-order valence-electron chi connectivity index (χ4n) is 1.35. The van der Waals surface area contributed by atoms with E-state index in [1.165, 1.54) is 18.5 Å². The van der Waals surface area contributed by atoms with Crippen molar-refractivity contribution >= 4 is 28.7 Å². The molecule has 0 fully saturated rings. The lowest BCUT2D eigenvalue weighted by molar-refractivity contribution is -0.0882. The number of carbonyl (C=O) groups excluding carboxylic acids is 2. The smallest absolute Gasteiger partial charge is 0.320 e. The van der Waals surface area contributed by atoms with Crippen LogP contribution in [-0.2, 0) is 0 Å². The molecular weight excluding hydrogens is 293 g/mol. The average Bonchev–Trinajstić information content (AvgIpc) is 2.87. The number of hydrogen-bond acceptors (Lipinski definition) is 4. The molecule has 4 nitrogen and oxygen atoms in total. The van der Waals surface area contributed by atoms with Gasteiger partial charge < -0.3 is 5.32 Å². The number of pyridine rings is 1. The summed E-state index contributed by atoms with van der Waals surface area (Å²) in [7, 11) is 0. The zero-order valence-corrected chi connectivity index (χ0v) is 10.6. The van der Waals surface area contributed by atoms with Crippen LogP contribution in [-0.4, -0.2) is 22.9 Å². The number of nitrogens with one attached hydrogen (secondary N) is 1. The Morgan fingerprint density at radius 3 is 2.45 bits per heavy atom. The summed E-state index contributed by atoms with van der Waals surface area (Å²) in [5.41, 5.74) is 0.412. The first-order valence-corrected chi connectivity index (χ1v) is 6.12. The molecule has 0 aliphatic carbocycles. The fourth-order valence-corrected chi connectivity index (χ4v) is 2.21. The lowest BCUT2D eigenvalue weighted by Gasteiger charge is -2.02. The number of alkyl halides is 3. The van der Waals surface area contributed by atoms with Crippen LogP contribution in [0.3, 0.4) is 0 Å². The van der Waals surface area contributed by atoms with Crippen LogP contribution in [0.1, 0.15) is 19.3 Å². The van der Waals surface area contributed by atoms with E-state index in [1.54, 1.807) is 12.1 Å². The third-order valence-electron chi connectivity index (χ3n) is 2.23. The zero-order chi connectivity index (χ0) is 14.8. The molecule has 104 valence electrons. The quantitative estimate of drug-likeness (QED) is 0.886. The van der Waals surface area contributed by atoms with Crippen molar-refractivity contribution < 1.29 is 22.8 Å². The lowest BCUT2D eigenvalue weighted by Crippen LogP contribution is -2.21.